The molecule has 0 aliphatic heterocycles. The molecule has 0 heterocycles. The molecule has 0 radical (unpaired) electrons. The summed E-state index contributed by atoms with van der Waals surface area (Å²) in [4.78, 5) is 12.3. The van der Waals surface area contributed by atoms with E-state index in [1.165, 1.54) is 0 Å². The summed E-state index contributed by atoms with van der Waals surface area (Å²) < 4.78 is 10.3. The first-order valence-corrected chi connectivity index (χ1v) is 7.90. The molecule has 2 rings (SSSR count). The van der Waals surface area contributed by atoms with Crippen molar-refractivity contribution in [1.29, 1.82) is 0 Å². The molecular formula is C20H23NO3. The lowest BCUT2D eigenvalue weighted by atomic mass is 10.1. The Hall–Kier alpha value is -2.75. The van der Waals surface area contributed by atoms with Crippen molar-refractivity contribution in [3.63, 3.8) is 0 Å². The fourth-order valence-corrected chi connectivity index (χ4v) is 2.45. The average Bonchev–Trinajstić information content (AvgIpc) is 2.55. The van der Waals surface area contributed by atoms with Crippen LogP contribution in [0.25, 0.3) is 5.57 Å². The maximum atomic E-state index is 12.3. The van der Waals surface area contributed by atoms with Crippen LogP contribution in [0.15, 0.2) is 48.7 Å². The summed E-state index contributed by atoms with van der Waals surface area (Å²) in [5.74, 6) is 0.378. The molecule has 1 N–H and O–H groups in total. The normalized spacial score (nSPS) is 11.1. The van der Waals surface area contributed by atoms with Crippen LogP contribution in [-0.4, -0.2) is 19.7 Å². The van der Waals surface area contributed by atoms with Crippen molar-refractivity contribution in [2.75, 3.05) is 19.0 Å². The van der Waals surface area contributed by atoms with Crippen LogP contribution >= 0.6 is 0 Å². The maximum absolute atomic E-state index is 12.3. The van der Waals surface area contributed by atoms with Gasteiger partial charge in [-0.1, -0.05) is 18.2 Å². The van der Waals surface area contributed by atoms with Crippen LogP contribution in [0.1, 0.15) is 23.6 Å². The highest BCUT2D eigenvalue weighted by molar-refractivity contribution is 6.16. The maximum Gasteiger partial charge on any atom is 0.340 e. The van der Waals surface area contributed by atoms with Crippen LogP contribution in [0.2, 0.25) is 0 Å². The van der Waals surface area contributed by atoms with Crippen molar-refractivity contribution in [1.82, 2.24) is 0 Å². The number of rotatable bonds is 6. The van der Waals surface area contributed by atoms with Crippen LogP contribution in [0.3, 0.4) is 0 Å². The molecule has 0 amide bonds. The molecule has 4 heteroatoms. The van der Waals surface area contributed by atoms with Gasteiger partial charge in [0.1, 0.15) is 5.75 Å². The van der Waals surface area contributed by atoms with Gasteiger partial charge in [-0.2, -0.15) is 0 Å². The number of hydrogen-bond donors (Lipinski definition) is 1. The lowest BCUT2D eigenvalue weighted by Crippen LogP contribution is -2.08. The molecule has 0 bridgehead atoms. The van der Waals surface area contributed by atoms with Crippen LogP contribution < -0.4 is 10.1 Å². The van der Waals surface area contributed by atoms with Crippen molar-refractivity contribution >= 4 is 17.2 Å². The van der Waals surface area contributed by atoms with E-state index in [4.69, 9.17) is 9.47 Å². The zero-order chi connectivity index (χ0) is 17.5. The Morgan fingerprint density at radius 2 is 1.71 bits per heavy atom. The average molecular weight is 325 g/mol. The van der Waals surface area contributed by atoms with E-state index in [1.807, 2.05) is 50.2 Å². The topological polar surface area (TPSA) is 47.6 Å². The predicted molar refractivity (Wildman–Crippen MR) is 97.1 cm³/mol. The molecule has 0 aliphatic rings. The molecule has 24 heavy (non-hydrogen) atoms. The van der Waals surface area contributed by atoms with Gasteiger partial charge in [0.15, 0.2) is 0 Å². The Bertz CT molecular complexity index is 713. The first-order valence-electron chi connectivity index (χ1n) is 7.90. The first kappa shape index (κ1) is 17.6. The predicted octanol–water partition coefficient (Wildman–Crippen LogP) is 4.33. The monoisotopic (exact) mass is 325 g/mol. The van der Waals surface area contributed by atoms with E-state index in [0.717, 1.165) is 28.1 Å². The molecular weight excluding hydrogens is 302 g/mol. The van der Waals surface area contributed by atoms with E-state index in [0.29, 0.717) is 12.2 Å². The van der Waals surface area contributed by atoms with E-state index in [1.54, 1.807) is 20.2 Å². The molecule has 0 saturated carbocycles. The number of aryl methyl sites for hydroxylation is 2. The highest BCUT2D eigenvalue weighted by Gasteiger charge is 2.13. The Kier molecular flexibility index (Phi) is 6.01. The molecule has 0 saturated heterocycles. The smallest absolute Gasteiger partial charge is 0.340 e. The molecule has 0 spiro atoms. The minimum Gasteiger partial charge on any atom is -0.497 e. The number of carbonyl (C=O) groups is 1. The van der Waals surface area contributed by atoms with Gasteiger partial charge < -0.3 is 14.8 Å². The second-order valence-corrected chi connectivity index (χ2v) is 5.53. The molecule has 126 valence electrons. The van der Waals surface area contributed by atoms with Crippen LogP contribution in [-0.2, 0) is 9.53 Å². The number of carbonyl (C=O) groups excluding carboxylic acids is 1. The third-order valence-electron chi connectivity index (χ3n) is 3.50. The SMILES string of the molecule is CCOC(=O)/C(=C\Nc1cc(C)cc(C)c1)c1ccc(OC)cc1. The molecule has 0 aliphatic carbocycles. The van der Waals surface area contributed by atoms with Gasteiger partial charge in [-0.05, 0) is 61.7 Å². The summed E-state index contributed by atoms with van der Waals surface area (Å²) in [6, 6.07) is 13.5. The largest absolute Gasteiger partial charge is 0.497 e. The highest BCUT2D eigenvalue weighted by atomic mass is 16.5. The Labute approximate surface area is 143 Å². The molecule has 0 unspecified atom stereocenters. The molecule has 2 aromatic carbocycles. The third-order valence-corrected chi connectivity index (χ3v) is 3.50. The minimum atomic E-state index is -0.362. The second-order valence-electron chi connectivity index (χ2n) is 5.53. The van der Waals surface area contributed by atoms with Gasteiger partial charge in [-0.25, -0.2) is 4.79 Å². The zero-order valence-corrected chi connectivity index (χ0v) is 14.6. The van der Waals surface area contributed by atoms with Gasteiger partial charge in [0.2, 0.25) is 0 Å². The second kappa shape index (κ2) is 8.20. The van der Waals surface area contributed by atoms with E-state index >= 15 is 0 Å². The molecule has 4 nitrogen and oxygen atoms in total. The van der Waals surface area contributed by atoms with Gasteiger partial charge in [-0.3, -0.25) is 0 Å². The van der Waals surface area contributed by atoms with Gasteiger partial charge in [0, 0.05) is 11.9 Å². The van der Waals surface area contributed by atoms with E-state index < -0.39 is 0 Å². The molecule has 0 atom stereocenters. The number of hydrogen-bond acceptors (Lipinski definition) is 4. The number of nitrogens with one attached hydrogen (secondary N) is 1. The van der Waals surface area contributed by atoms with Gasteiger partial charge in [-0.15, -0.1) is 0 Å². The van der Waals surface area contributed by atoms with Crippen molar-refractivity contribution in [3.05, 3.63) is 65.4 Å². The number of benzene rings is 2. The number of methoxy groups -OCH3 is 1. The van der Waals surface area contributed by atoms with Crippen molar-refractivity contribution in [2.45, 2.75) is 20.8 Å². The lowest BCUT2D eigenvalue weighted by Gasteiger charge is -2.10. The summed E-state index contributed by atoms with van der Waals surface area (Å²) in [5.41, 5.74) is 4.49. The zero-order valence-electron chi connectivity index (χ0n) is 14.6. The van der Waals surface area contributed by atoms with Crippen molar-refractivity contribution < 1.29 is 14.3 Å². The van der Waals surface area contributed by atoms with Gasteiger partial charge in [0.05, 0.1) is 19.3 Å². The van der Waals surface area contributed by atoms with Crippen LogP contribution in [0, 0.1) is 13.8 Å². The van der Waals surface area contributed by atoms with E-state index in [-0.39, 0.29) is 5.97 Å². The van der Waals surface area contributed by atoms with Crippen LogP contribution in [0.5, 0.6) is 5.75 Å². The molecule has 0 fully saturated rings. The Balaban J connectivity index is 2.32. The molecule has 0 aromatic heterocycles. The van der Waals surface area contributed by atoms with Crippen molar-refractivity contribution in [2.24, 2.45) is 0 Å². The summed E-state index contributed by atoms with van der Waals surface area (Å²) in [5, 5.41) is 3.20. The summed E-state index contributed by atoms with van der Waals surface area (Å²) >= 11 is 0. The fourth-order valence-electron chi connectivity index (χ4n) is 2.45. The third kappa shape index (κ3) is 4.62. The minimum absolute atomic E-state index is 0.329. The number of esters is 1. The van der Waals surface area contributed by atoms with E-state index in [9.17, 15) is 4.79 Å². The number of ether oxygens (including phenoxy) is 2. The lowest BCUT2D eigenvalue weighted by molar-refractivity contribution is -0.136. The van der Waals surface area contributed by atoms with Gasteiger partial charge >= 0.3 is 5.97 Å². The Morgan fingerprint density at radius 1 is 1.08 bits per heavy atom. The first-order chi connectivity index (χ1) is 11.5. The summed E-state index contributed by atoms with van der Waals surface area (Å²) in [7, 11) is 1.61. The standard InChI is InChI=1S/C20H23NO3/c1-5-24-20(22)19(16-6-8-18(23-4)9-7-16)13-21-17-11-14(2)10-15(3)12-17/h6-13,21H,5H2,1-4H3/b19-13-. The number of anilines is 1. The summed E-state index contributed by atoms with van der Waals surface area (Å²) in [6.07, 6.45) is 1.69. The Morgan fingerprint density at radius 3 is 2.25 bits per heavy atom. The van der Waals surface area contributed by atoms with Crippen molar-refractivity contribution in [3.8, 4) is 5.75 Å². The quantitative estimate of drug-likeness (QED) is 0.634. The highest BCUT2D eigenvalue weighted by Crippen LogP contribution is 2.21. The van der Waals surface area contributed by atoms with Crippen LogP contribution in [0.4, 0.5) is 5.69 Å². The summed E-state index contributed by atoms with van der Waals surface area (Å²) in [6.45, 7) is 6.20. The fraction of sp³-hybridized carbons (Fsp3) is 0.250. The van der Waals surface area contributed by atoms with Gasteiger partial charge in [0.25, 0.3) is 0 Å². The molecule has 2 aromatic rings. The van der Waals surface area contributed by atoms with E-state index in [2.05, 4.69) is 11.4 Å².